The second kappa shape index (κ2) is 8.49. The van der Waals surface area contributed by atoms with Crippen LogP contribution in [-0.2, 0) is 6.18 Å². The van der Waals surface area contributed by atoms with Crippen molar-refractivity contribution in [1.29, 1.82) is 0 Å². The molecule has 9 heteroatoms. The fourth-order valence-corrected chi connectivity index (χ4v) is 3.63. The molecule has 0 radical (unpaired) electrons. The molecule has 1 aromatic carbocycles. The number of methoxy groups -OCH3 is 1. The molecule has 0 unspecified atom stereocenters. The summed E-state index contributed by atoms with van der Waals surface area (Å²) in [6.45, 7) is 0. The zero-order chi connectivity index (χ0) is 22.0. The topological polar surface area (TPSA) is 73.6 Å². The lowest BCUT2D eigenvalue weighted by Gasteiger charge is -2.29. The Balaban J connectivity index is 1.29. The highest BCUT2D eigenvalue weighted by Crippen LogP contribution is 2.30. The van der Waals surface area contributed by atoms with Gasteiger partial charge >= 0.3 is 6.18 Å². The van der Waals surface area contributed by atoms with Gasteiger partial charge in [0.25, 0.3) is 5.91 Å². The number of fused-ring (bicyclic) bond motifs is 1. The molecule has 1 amide bonds. The van der Waals surface area contributed by atoms with Gasteiger partial charge in [-0.2, -0.15) is 13.2 Å². The number of nitrogens with one attached hydrogen (secondary N) is 1. The predicted molar refractivity (Wildman–Crippen MR) is 106 cm³/mol. The van der Waals surface area contributed by atoms with Gasteiger partial charge in [-0.15, -0.1) is 0 Å². The lowest BCUT2D eigenvalue weighted by Crippen LogP contribution is -2.39. The number of amides is 1. The van der Waals surface area contributed by atoms with Crippen molar-refractivity contribution in [2.24, 2.45) is 0 Å². The second-order valence-electron chi connectivity index (χ2n) is 7.46. The van der Waals surface area contributed by atoms with E-state index in [1.54, 1.807) is 31.4 Å². The maximum atomic E-state index is 12.6. The van der Waals surface area contributed by atoms with Crippen molar-refractivity contribution in [3.8, 4) is 11.6 Å². The van der Waals surface area contributed by atoms with Crippen molar-refractivity contribution in [3.05, 3.63) is 53.9 Å². The van der Waals surface area contributed by atoms with Crippen LogP contribution in [-0.4, -0.2) is 30.1 Å². The minimum atomic E-state index is -4.42. The van der Waals surface area contributed by atoms with E-state index in [1.807, 2.05) is 0 Å². The van der Waals surface area contributed by atoms with Gasteiger partial charge in [0.15, 0.2) is 5.76 Å². The van der Waals surface area contributed by atoms with Crippen LogP contribution in [0.4, 0.5) is 13.2 Å². The summed E-state index contributed by atoms with van der Waals surface area (Å²) in [7, 11) is 1.57. The molecule has 1 aliphatic carbocycles. The van der Waals surface area contributed by atoms with E-state index in [9.17, 15) is 18.0 Å². The summed E-state index contributed by atoms with van der Waals surface area (Å²) in [5, 5.41) is 3.76. The van der Waals surface area contributed by atoms with Crippen molar-refractivity contribution in [2.75, 3.05) is 7.11 Å². The minimum absolute atomic E-state index is 0.0318. The van der Waals surface area contributed by atoms with Crippen LogP contribution in [0.5, 0.6) is 11.6 Å². The summed E-state index contributed by atoms with van der Waals surface area (Å²) in [6.07, 6.45) is -1.12. The maximum absolute atomic E-state index is 12.6. The maximum Gasteiger partial charge on any atom is 0.417 e. The summed E-state index contributed by atoms with van der Waals surface area (Å²) in [5.41, 5.74) is -0.206. The van der Waals surface area contributed by atoms with Gasteiger partial charge < -0.3 is 19.2 Å². The molecule has 1 saturated carbocycles. The van der Waals surface area contributed by atoms with Crippen LogP contribution in [0.1, 0.15) is 41.8 Å². The minimum Gasteiger partial charge on any atom is -0.497 e. The van der Waals surface area contributed by atoms with E-state index in [2.05, 4.69) is 10.3 Å². The van der Waals surface area contributed by atoms with Crippen LogP contribution >= 0.6 is 0 Å². The molecule has 31 heavy (non-hydrogen) atoms. The Kier molecular flexibility index (Phi) is 5.75. The fraction of sp³-hybridized carbons (Fsp3) is 0.364. The molecule has 3 aromatic rings. The Morgan fingerprint density at radius 2 is 1.90 bits per heavy atom. The lowest BCUT2D eigenvalue weighted by molar-refractivity contribution is -0.137. The van der Waals surface area contributed by atoms with Crippen LogP contribution < -0.4 is 14.8 Å². The van der Waals surface area contributed by atoms with Gasteiger partial charge in [0.05, 0.1) is 12.7 Å². The molecule has 1 aliphatic rings. The first-order valence-corrected chi connectivity index (χ1v) is 9.90. The number of rotatable bonds is 5. The van der Waals surface area contributed by atoms with Gasteiger partial charge in [-0.25, -0.2) is 4.98 Å². The molecule has 1 fully saturated rings. The van der Waals surface area contributed by atoms with Crippen molar-refractivity contribution >= 4 is 16.9 Å². The van der Waals surface area contributed by atoms with Gasteiger partial charge in [-0.1, -0.05) is 0 Å². The smallest absolute Gasteiger partial charge is 0.417 e. The molecule has 0 spiro atoms. The van der Waals surface area contributed by atoms with E-state index in [4.69, 9.17) is 13.9 Å². The van der Waals surface area contributed by atoms with Crippen molar-refractivity contribution in [2.45, 2.75) is 44.0 Å². The molecule has 0 bridgehead atoms. The van der Waals surface area contributed by atoms with Crippen LogP contribution in [0.25, 0.3) is 11.0 Å². The largest absolute Gasteiger partial charge is 0.497 e. The van der Waals surface area contributed by atoms with E-state index < -0.39 is 11.7 Å². The fourth-order valence-electron chi connectivity index (χ4n) is 3.63. The second-order valence-corrected chi connectivity index (χ2v) is 7.46. The number of nitrogens with zero attached hydrogens (tertiary/aromatic N) is 1. The molecular formula is C22H21F3N2O4. The van der Waals surface area contributed by atoms with Crippen LogP contribution in [0, 0.1) is 0 Å². The number of hydrogen-bond donors (Lipinski definition) is 1. The van der Waals surface area contributed by atoms with E-state index in [0.717, 1.165) is 17.6 Å². The number of aromatic nitrogens is 1. The third-order valence-corrected chi connectivity index (χ3v) is 5.31. The highest BCUT2D eigenvalue weighted by molar-refractivity contribution is 5.96. The number of alkyl halides is 3. The molecule has 1 N–H and O–H groups in total. The number of furan rings is 1. The van der Waals surface area contributed by atoms with Gasteiger partial charge in [-0.3, -0.25) is 4.79 Å². The molecule has 0 aliphatic heterocycles. The summed E-state index contributed by atoms with van der Waals surface area (Å²) in [5.74, 6) is 0.791. The molecule has 0 atom stereocenters. The van der Waals surface area contributed by atoms with Gasteiger partial charge in [0.2, 0.25) is 5.88 Å². The van der Waals surface area contributed by atoms with Crippen molar-refractivity contribution < 1.29 is 31.9 Å². The number of pyridine rings is 1. The van der Waals surface area contributed by atoms with Crippen molar-refractivity contribution in [1.82, 2.24) is 10.3 Å². The number of benzene rings is 1. The first-order chi connectivity index (χ1) is 14.8. The van der Waals surface area contributed by atoms with E-state index in [0.29, 0.717) is 37.0 Å². The first-order valence-electron chi connectivity index (χ1n) is 9.90. The Bertz CT molecular complexity index is 1050. The first kappa shape index (κ1) is 21.0. The molecule has 6 nitrogen and oxygen atoms in total. The Morgan fingerprint density at radius 1 is 1.13 bits per heavy atom. The van der Waals surface area contributed by atoms with Crippen LogP contribution in [0.2, 0.25) is 0 Å². The molecule has 164 valence electrons. The quantitative estimate of drug-likeness (QED) is 0.614. The Hall–Kier alpha value is -3.23. The van der Waals surface area contributed by atoms with Crippen LogP contribution in [0.15, 0.2) is 47.0 Å². The zero-order valence-electron chi connectivity index (χ0n) is 16.7. The van der Waals surface area contributed by atoms with E-state index >= 15 is 0 Å². The molecule has 2 aromatic heterocycles. The average molecular weight is 434 g/mol. The number of halogens is 3. The van der Waals surface area contributed by atoms with Crippen molar-refractivity contribution in [3.63, 3.8) is 0 Å². The number of hydrogen-bond acceptors (Lipinski definition) is 5. The lowest BCUT2D eigenvalue weighted by atomic mass is 9.93. The van der Waals surface area contributed by atoms with Crippen LogP contribution in [0.3, 0.4) is 0 Å². The third kappa shape index (κ3) is 4.92. The number of carbonyl (C=O) groups excluding carboxylic acids is 1. The molecular weight excluding hydrogens is 413 g/mol. The normalized spacial score (nSPS) is 19.2. The number of ether oxygens (including phenoxy) is 2. The predicted octanol–water partition coefficient (Wildman–Crippen LogP) is 4.98. The van der Waals surface area contributed by atoms with Gasteiger partial charge in [0, 0.05) is 23.7 Å². The van der Waals surface area contributed by atoms with E-state index in [-0.39, 0.29) is 29.7 Å². The monoisotopic (exact) mass is 434 g/mol. The Labute approximate surface area is 176 Å². The standard InChI is InChI=1S/C22H21F3N2O4/c1-29-17-7-8-18-13(10-17)11-19(31-18)21(28)27-15-3-5-16(6-4-15)30-20-9-2-14(12-26-20)22(23,24)25/h2,7-12,15-16H,3-6H2,1H3,(H,27,28). The highest BCUT2D eigenvalue weighted by Gasteiger charge is 2.31. The van der Waals surface area contributed by atoms with Gasteiger partial charge in [-0.05, 0) is 56.0 Å². The zero-order valence-corrected chi connectivity index (χ0v) is 16.7. The summed E-state index contributed by atoms with van der Waals surface area (Å²) < 4.78 is 54.3. The van der Waals surface area contributed by atoms with Gasteiger partial charge in [0.1, 0.15) is 17.4 Å². The summed E-state index contributed by atoms with van der Waals surface area (Å²) in [4.78, 5) is 16.3. The average Bonchev–Trinajstić information content (AvgIpc) is 3.18. The van der Waals surface area contributed by atoms with E-state index in [1.165, 1.54) is 6.07 Å². The summed E-state index contributed by atoms with van der Waals surface area (Å²) >= 11 is 0. The highest BCUT2D eigenvalue weighted by atomic mass is 19.4. The molecule has 0 saturated heterocycles. The third-order valence-electron chi connectivity index (χ3n) is 5.31. The molecule has 4 rings (SSSR count). The molecule has 2 heterocycles. The number of carbonyl (C=O) groups is 1. The Morgan fingerprint density at radius 3 is 2.55 bits per heavy atom. The summed E-state index contributed by atoms with van der Waals surface area (Å²) in [6, 6.07) is 9.15. The SMILES string of the molecule is COc1ccc2oc(C(=O)NC3CCC(Oc4ccc(C(F)(F)F)cn4)CC3)cc2c1.